The first-order valence-electron chi connectivity index (χ1n) is 9.04. The molecule has 1 unspecified atom stereocenters. The zero-order valence-corrected chi connectivity index (χ0v) is 16.0. The monoisotopic (exact) mass is 393 g/mol. The van der Waals surface area contributed by atoms with E-state index in [9.17, 15) is 22.7 Å². The third-order valence-electron chi connectivity index (χ3n) is 5.28. The van der Waals surface area contributed by atoms with Crippen LogP contribution in [-0.2, 0) is 11.8 Å². The molecule has 0 aliphatic rings. The van der Waals surface area contributed by atoms with Gasteiger partial charge in [-0.2, -0.15) is 13.2 Å². The zero-order chi connectivity index (χ0) is 20.7. The highest BCUT2D eigenvalue weighted by molar-refractivity contribution is 5.80. The lowest BCUT2D eigenvalue weighted by molar-refractivity contribution is -0.266. The summed E-state index contributed by atoms with van der Waals surface area (Å²) in [6.45, 7) is 4.76. The number of H-pyrrole nitrogens is 1. The average Bonchev–Trinajstić information content (AvgIpc) is 2.97. The molecule has 0 bridgehead atoms. The minimum atomic E-state index is -4.84. The van der Waals surface area contributed by atoms with E-state index in [-0.39, 0.29) is 0 Å². The lowest BCUT2D eigenvalue weighted by Crippen LogP contribution is -2.50. The van der Waals surface area contributed by atoms with E-state index in [1.165, 1.54) is 12.1 Å². The first-order valence-corrected chi connectivity index (χ1v) is 9.04. The molecule has 0 saturated heterocycles. The molecule has 0 saturated carbocycles. The van der Waals surface area contributed by atoms with Crippen molar-refractivity contribution in [3.63, 3.8) is 0 Å². The van der Waals surface area contributed by atoms with Crippen LogP contribution in [0.1, 0.15) is 37.1 Å². The number of halogens is 4. The Hall–Kier alpha value is -2.34. The highest BCUT2D eigenvalue weighted by atomic mass is 19.4. The molecule has 2 aromatic carbocycles. The van der Waals surface area contributed by atoms with Gasteiger partial charge < -0.3 is 10.1 Å². The molecule has 3 aromatic rings. The van der Waals surface area contributed by atoms with Crippen molar-refractivity contribution < 1.29 is 22.7 Å². The highest BCUT2D eigenvalue weighted by Crippen LogP contribution is 2.43. The maximum absolute atomic E-state index is 14.0. The molecular formula is C22H23F4NO. The number of aryl methyl sites for hydroxylation is 1. The van der Waals surface area contributed by atoms with E-state index in [1.54, 1.807) is 57.2 Å². The maximum atomic E-state index is 14.0. The average molecular weight is 393 g/mol. The topological polar surface area (TPSA) is 36.0 Å². The summed E-state index contributed by atoms with van der Waals surface area (Å²) in [4.78, 5) is 2.95. The van der Waals surface area contributed by atoms with Crippen molar-refractivity contribution in [1.82, 2.24) is 4.98 Å². The predicted octanol–water partition coefficient (Wildman–Crippen LogP) is 5.82. The van der Waals surface area contributed by atoms with Crippen LogP contribution in [0.3, 0.4) is 0 Å². The maximum Gasteiger partial charge on any atom is 0.417 e. The second kappa shape index (κ2) is 6.92. The van der Waals surface area contributed by atoms with E-state index >= 15 is 0 Å². The molecule has 0 amide bonds. The molecular weight excluding hydrogens is 370 g/mol. The fraction of sp³-hybridized carbons (Fsp3) is 0.364. The van der Waals surface area contributed by atoms with Crippen LogP contribution < -0.4 is 0 Å². The normalized spacial score (nSPS) is 15.0. The minimum Gasteiger partial charge on any atom is -0.380 e. The van der Waals surface area contributed by atoms with Gasteiger partial charge in [-0.25, -0.2) is 4.39 Å². The Kier molecular flexibility index (Phi) is 5.04. The van der Waals surface area contributed by atoms with E-state index in [1.807, 2.05) is 0 Å². The number of aromatic amines is 1. The van der Waals surface area contributed by atoms with Crippen LogP contribution in [0.4, 0.5) is 17.6 Å². The molecule has 2 N–H and O–H groups in total. The number of fused-ring (bicyclic) bond motifs is 1. The van der Waals surface area contributed by atoms with Crippen molar-refractivity contribution in [2.45, 2.75) is 50.8 Å². The Labute approximate surface area is 161 Å². The number of aliphatic hydroxyl groups is 1. The van der Waals surface area contributed by atoms with Gasteiger partial charge in [0.1, 0.15) is 5.82 Å². The molecule has 150 valence electrons. The number of hydrogen-bond acceptors (Lipinski definition) is 1. The summed E-state index contributed by atoms with van der Waals surface area (Å²) >= 11 is 0. The van der Waals surface area contributed by atoms with E-state index < -0.39 is 35.9 Å². The largest absolute Gasteiger partial charge is 0.417 e. The van der Waals surface area contributed by atoms with E-state index in [0.717, 1.165) is 5.39 Å². The Morgan fingerprint density at radius 3 is 2.29 bits per heavy atom. The molecule has 28 heavy (non-hydrogen) atoms. The van der Waals surface area contributed by atoms with Gasteiger partial charge in [0, 0.05) is 17.6 Å². The number of benzene rings is 2. The molecule has 0 fully saturated rings. The van der Waals surface area contributed by atoms with Crippen LogP contribution in [0.5, 0.6) is 0 Å². The fourth-order valence-corrected chi connectivity index (χ4v) is 3.65. The van der Waals surface area contributed by atoms with Crippen LogP contribution in [0.25, 0.3) is 10.9 Å². The summed E-state index contributed by atoms with van der Waals surface area (Å²) in [5.41, 5.74) is -2.21. The van der Waals surface area contributed by atoms with Crippen LogP contribution >= 0.6 is 0 Å². The quantitative estimate of drug-likeness (QED) is 0.527. The van der Waals surface area contributed by atoms with Crippen LogP contribution in [-0.4, -0.2) is 21.9 Å². The highest BCUT2D eigenvalue weighted by Gasteiger charge is 2.56. The van der Waals surface area contributed by atoms with Crippen LogP contribution in [0, 0.1) is 12.7 Å². The molecule has 0 radical (unpaired) electrons. The summed E-state index contributed by atoms with van der Waals surface area (Å²) < 4.78 is 55.6. The Morgan fingerprint density at radius 2 is 1.68 bits per heavy atom. The number of aromatic nitrogens is 1. The Bertz CT molecular complexity index is 957. The first-order chi connectivity index (χ1) is 12.9. The Balaban J connectivity index is 1.95. The summed E-state index contributed by atoms with van der Waals surface area (Å²) in [5.74, 6) is -0.475. The lowest BCUT2D eigenvalue weighted by atomic mass is 9.73. The lowest BCUT2D eigenvalue weighted by Gasteiger charge is -2.38. The number of rotatable bonds is 5. The summed E-state index contributed by atoms with van der Waals surface area (Å²) in [6, 6.07) is 13.2. The molecule has 1 atom stereocenters. The van der Waals surface area contributed by atoms with E-state index in [2.05, 4.69) is 4.98 Å². The van der Waals surface area contributed by atoms with Gasteiger partial charge >= 0.3 is 6.18 Å². The van der Waals surface area contributed by atoms with E-state index in [4.69, 9.17) is 0 Å². The number of alkyl halides is 3. The smallest absolute Gasteiger partial charge is 0.380 e. The van der Waals surface area contributed by atoms with Crippen molar-refractivity contribution >= 4 is 10.9 Å². The van der Waals surface area contributed by atoms with Gasteiger partial charge in [0.2, 0.25) is 0 Å². The minimum absolute atomic E-state index is 0.298. The van der Waals surface area contributed by atoms with Crippen LogP contribution in [0.2, 0.25) is 0 Å². The molecule has 2 nitrogen and oxygen atoms in total. The van der Waals surface area contributed by atoms with Gasteiger partial charge in [0.05, 0.1) is 0 Å². The summed E-state index contributed by atoms with van der Waals surface area (Å²) in [5, 5.41) is 11.5. The van der Waals surface area contributed by atoms with Crippen molar-refractivity contribution in [3.05, 3.63) is 71.2 Å². The standard InChI is InChI=1S/C22H23F4NO/c1-14-8-9-16(11-18(14)23)20(2,3)13-21(28,22(24,25)26)12-17-10-15-6-4-5-7-19(15)27-17/h4-11,27-28H,12-13H2,1-3H3. The van der Waals surface area contributed by atoms with Gasteiger partial charge in [-0.1, -0.05) is 44.2 Å². The first kappa shape index (κ1) is 20.4. The number of nitrogens with one attached hydrogen (secondary N) is 1. The number of para-hydroxylation sites is 1. The molecule has 0 aliphatic carbocycles. The SMILES string of the molecule is Cc1ccc(C(C)(C)CC(O)(Cc2cc3ccccc3[nH]2)C(F)(F)F)cc1F. The van der Waals surface area contributed by atoms with Crippen molar-refractivity contribution in [2.75, 3.05) is 0 Å². The predicted molar refractivity (Wildman–Crippen MR) is 102 cm³/mol. The molecule has 1 heterocycles. The van der Waals surface area contributed by atoms with Crippen molar-refractivity contribution in [1.29, 1.82) is 0 Å². The number of hydrogen-bond donors (Lipinski definition) is 2. The van der Waals surface area contributed by atoms with Crippen molar-refractivity contribution in [3.8, 4) is 0 Å². The van der Waals surface area contributed by atoms with Crippen LogP contribution in [0.15, 0.2) is 48.5 Å². The van der Waals surface area contributed by atoms with Gasteiger partial charge in [0.15, 0.2) is 5.60 Å². The molecule has 0 aliphatic heterocycles. The molecule has 1 aromatic heterocycles. The summed E-state index contributed by atoms with van der Waals surface area (Å²) in [6.07, 6.45) is -6.05. The zero-order valence-electron chi connectivity index (χ0n) is 16.0. The second-order valence-corrected chi connectivity index (χ2v) is 8.11. The Morgan fingerprint density at radius 1 is 1.00 bits per heavy atom. The summed E-state index contributed by atoms with van der Waals surface area (Å²) in [7, 11) is 0. The van der Waals surface area contributed by atoms with E-state index in [0.29, 0.717) is 22.3 Å². The molecule has 0 spiro atoms. The second-order valence-electron chi connectivity index (χ2n) is 8.11. The third-order valence-corrected chi connectivity index (χ3v) is 5.28. The van der Waals surface area contributed by atoms with Crippen molar-refractivity contribution in [2.24, 2.45) is 0 Å². The fourth-order valence-electron chi connectivity index (χ4n) is 3.65. The third kappa shape index (κ3) is 3.92. The van der Waals surface area contributed by atoms with Gasteiger partial charge in [-0.05, 0) is 53.5 Å². The molecule has 6 heteroatoms. The molecule has 3 rings (SSSR count). The van der Waals surface area contributed by atoms with Gasteiger partial charge in [-0.15, -0.1) is 0 Å². The van der Waals surface area contributed by atoms with Gasteiger partial charge in [-0.3, -0.25) is 0 Å². The van der Waals surface area contributed by atoms with Gasteiger partial charge in [0.25, 0.3) is 0 Å².